The summed E-state index contributed by atoms with van der Waals surface area (Å²) < 4.78 is 6.08. The van der Waals surface area contributed by atoms with Crippen molar-refractivity contribution in [2.75, 3.05) is 7.05 Å². The molecule has 1 atom stereocenters. The Kier molecular flexibility index (Phi) is 7.20. The molecule has 2 N–H and O–H groups in total. The van der Waals surface area contributed by atoms with Gasteiger partial charge in [-0.1, -0.05) is 32.1 Å². The molecule has 1 amide bonds. The number of ether oxygens (including phenoxy) is 1. The molecule has 6 heteroatoms. The molecule has 3 rings (SSSR count). The van der Waals surface area contributed by atoms with Crippen LogP contribution < -0.4 is 5.32 Å². The van der Waals surface area contributed by atoms with Gasteiger partial charge in [0.15, 0.2) is 6.10 Å². The summed E-state index contributed by atoms with van der Waals surface area (Å²) in [5.74, 6) is -1.11. The Morgan fingerprint density at radius 1 is 1.18 bits per heavy atom. The second kappa shape index (κ2) is 9.43. The van der Waals surface area contributed by atoms with Crippen LogP contribution in [-0.2, 0) is 9.53 Å². The van der Waals surface area contributed by atoms with Crippen molar-refractivity contribution in [1.82, 2.24) is 5.32 Å². The molecule has 0 saturated heterocycles. The maximum atomic E-state index is 12.4. The van der Waals surface area contributed by atoms with Crippen LogP contribution in [0.5, 0.6) is 0 Å². The molecule has 33 heavy (non-hydrogen) atoms. The predicted octanol–water partition coefficient (Wildman–Crippen LogP) is 6.62. The summed E-state index contributed by atoms with van der Waals surface area (Å²) in [6.07, 6.45) is 4.10. The molecule has 1 aliphatic carbocycles. The van der Waals surface area contributed by atoms with Crippen LogP contribution in [0.3, 0.4) is 0 Å². The smallest absolute Gasteiger partial charge is 0.337 e. The van der Waals surface area contributed by atoms with Gasteiger partial charge < -0.3 is 15.2 Å². The molecule has 1 aromatic heterocycles. The van der Waals surface area contributed by atoms with E-state index in [0.717, 1.165) is 45.7 Å². The maximum absolute atomic E-state index is 12.4. The summed E-state index contributed by atoms with van der Waals surface area (Å²) in [4.78, 5) is 26.3. The SMILES string of the molecule is CNC(=O)c1ccc(-c2sc(C)c(C(OC(C)(C)C)C(=O)O)c2C2=CCC(C)(C)CC2)cc1. The number of carboxylic acid groups (broad SMARTS) is 1. The van der Waals surface area contributed by atoms with Crippen molar-refractivity contribution in [3.05, 3.63) is 51.9 Å². The van der Waals surface area contributed by atoms with Crippen molar-refractivity contribution in [3.8, 4) is 10.4 Å². The number of thiophene rings is 1. The minimum absolute atomic E-state index is 0.133. The zero-order valence-electron chi connectivity index (χ0n) is 20.7. The number of carbonyl (C=O) groups excluding carboxylic acids is 1. The first kappa shape index (κ1) is 25.2. The van der Waals surface area contributed by atoms with Crippen LogP contribution in [0, 0.1) is 12.3 Å². The number of hydrogen-bond acceptors (Lipinski definition) is 4. The van der Waals surface area contributed by atoms with Gasteiger partial charge in [-0.15, -0.1) is 11.3 Å². The number of allylic oxidation sites excluding steroid dienone is 2. The number of rotatable bonds is 6. The van der Waals surface area contributed by atoms with Crippen molar-refractivity contribution in [3.63, 3.8) is 0 Å². The van der Waals surface area contributed by atoms with E-state index in [9.17, 15) is 14.7 Å². The molecule has 1 heterocycles. The van der Waals surface area contributed by atoms with Crippen LogP contribution >= 0.6 is 11.3 Å². The van der Waals surface area contributed by atoms with Crippen LogP contribution in [0.2, 0.25) is 0 Å². The molecule has 1 unspecified atom stereocenters. The maximum Gasteiger partial charge on any atom is 0.337 e. The Morgan fingerprint density at radius 2 is 1.82 bits per heavy atom. The Bertz CT molecular complexity index is 1070. The van der Waals surface area contributed by atoms with Gasteiger partial charge in [0.05, 0.1) is 5.60 Å². The molecule has 0 radical (unpaired) electrons. The monoisotopic (exact) mass is 469 g/mol. The van der Waals surface area contributed by atoms with Crippen molar-refractivity contribution in [1.29, 1.82) is 0 Å². The number of nitrogens with one attached hydrogen (secondary N) is 1. The van der Waals surface area contributed by atoms with Gasteiger partial charge in [0, 0.05) is 33.5 Å². The lowest BCUT2D eigenvalue weighted by molar-refractivity contribution is -0.160. The Hall–Kier alpha value is -2.44. The van der Waals surface area contributed by atoms with Gasteiger partial charge in [-0.05, 0) is 75.6 Å². The lowest BCUT2D eigenvalue weighted by atomic mass is 9.76. The second-order valence-corrected chi connectivity index (χ2v) is 11.7. The molecule has 0 spiro atoms. The average Bonchev–Trinajstić information content (AvgIpc) is 3.07. The van der Waals surface area contributed by atoms with Crippen LogP contribution in [0.25, 0.3) is 16.0 Å². The minimum atomic E-state index is -1.05. The van der Waals surface area contributed by atoms with Gasteiger partial charge in [-0.2, -0.15) is 0 Å². The molecule has 1 aliphatic rings. The highest BCUT2D eigenvalue weighted by atomic mass is 32.1. The fourth-order valence-electron chi connectivity index (χ4n) is 4.20. The molecule has 5 nitrogen and oxygen atoms in total. The molecule has 1 aromatic carbocycles. The Balaban J connectivity index is 2.20. The first-order valence-electron chi connectivity index (χ1n) is 11.4. The van der Waals surface area contributed by atoms with Crippen LogP contribution in [0.15, 0.2) is 30.3 Å². The summed E-state index contributed by atoms with van der Waals surface area (Å²) in [5, 5.41) is 12.8. The third kappa shape index (κ3) is 5.74. The molecule has 178 valence electrons. The average molecular weight is 470 g/mol. The van der Waals surface area contributed by atoms with Crippen molar-refractivity contribution in [2.45, 2.75) is 72.5 Å². The van der Waals surface area contributed by atoms with E-state index in [-0.39, 0.29) is 11.3 Å². The quantitative estimate of drug-likeness (QED) is 0.499. The Morgan fingerprint density at radius 3 is 2.30 bits per heavy atom. The van der Waals surface area contributed by atoms with E-state index in [0.29, 0.717) is 5.56 Å². The van der Waals surface area contributed by atoms with E-state index in [1.807, 2.05) is 52.0 Å². The second-order valence-electron chi connectivity index (χ2n) is 10.5. The van der Waals surface area contributed by atoms with E-state index >= 15 is 0 Å². The molecule has 0 saturated carbocycles. The fourth-order valence-corrected chi connectivity index (χ4v) is 5.42. The number of benzene rings is 1. The van der Waals surface area contributed by atoms with Gasteiger partial charge in [0.25, 0.3) is 5.91 Å². The highest BCUT2D eigenvalue weighted by Crippen LogP contribution is 2.48. The molecular weight excluding hydrogens is 434 g/mol. The predicted molar refractivity (Wildman–Crippen MR) is 135 cm³/mol. The van der Waals surface area contributed by atoms with Gasteiger partial charge in [-0.3, -0.25) is 4.79 Å². The third-order valence-corrected chi connectivity index (χ3v) is 7.19. The first-order valence-corrected chi connectivity index (χ1v) is 12.2. The highest BCUT2D eigenvalue weighted by molar-refractivity contribution is 7.16. The normalized spacial score (nSPS) is 16.8. The zero-order valence-corrected chi connectivity index (χ0v) is 21.5. The van der Waals surface area contributed by atoms with Crippen molar-refractivity contribution < 1.29 is 19.4 Å². The molecular formula is C27H35NO4S. The summed E-state index contributed by atoms with van der Waals surface area (Å²) in [5.41, 5.74) is 4.11. The van der Waals surface area contributed by atoms with Crippen molar-refractivity contribution in [2.24, 2.45) is 5.41 Å². The summed E-state index contributed by atoms with van der Waals surface area (Å²) in [6.45, 7) is 12.1. The standard InChI is InChI=1S/C27H35NO4S/c1-16-20(22(25(30)31)32-26(2,3)4)21(17-12-14-27(5,6)15-13-17)23(33-16)18-8-10-19(11-9-18)24(29)28-7/h8-12,22H,13-15H2,1-7H3,(H,28,29)(H,30,31). The molecule has 0 aliphatic heterocycles. The number of aryl methyl sites for hydroxylation is 1. The van der Waals surface area contributed by atoms with Crippen molar-refractivity contribution >= 4 is 28.8 Å². The number of hydrogen-bond donors (Lipinski definition) is 2. The highest BCUT2D eigenvalue weighted by Gasteiger charge is 2.35. The van der Waals surface area contributed by atoms with Gasteiger partial charge in [-0.25, -0.2) is 4.79 Å². The summed E-state index contributed by atoms with van der Waals surface area (Å²) in [7, 11) is 1.61. The van der Waals surface area contributed by atoms with Crippen LogP contribution in [0.1, 0.15) is 86.3 Å². The number of carboxylic acids is 1. The van der Waals surface area contributed by atoms with E-state index in [1.165, 1.54) is 5.57 Å². The van der Waals surface area contributed by atoms with Gasteiger partial charge >= 0.3 is 5.97 Å². The molecule has 0 fully saturated rings. The van der Waals surface area contributed by atoms with E-state index < -0.39 is 17.7 Å². The lowest BCUT2D eigenvalue weighted by Gasteiger charge is -2.31. The Labute approximate surface area is 200 Å². The van der Waals surface area contributed by atoms with Gasteiger partial charge in [0.2, 0.25) is 0 Å². The largest absolute Gasteiger partial charge is 0.479 e. The van der Waals surface area contributed by atoms with Crippen LogP contribution in [-0.4, -0.2) is 29.6 Å². The lowest BCUT2D eigenvalue weighted by Crippen LogP contribution is -2.28. The fraction of sp³-hybridized carbons (Fsp3) is 0.481. The van der Waals surface area contributed by atoms with E-state index in [2.05, 4.69) is 25.2 Å². The van der Waals surface area contributed by atoms with E-state index in [1.54, 1.807) is 18.4 Å². The van der Waals surface area contributed by atoms with E-state index in [4.69, 9.17) is 4.74 Å². The third-order valence-electron chi connectivity index (χ3n) is 6.02. The van der Waals surface area contributed by atoms with Gasteiger partial charge in [0.1, 0.15) is 0 Å². The van der Waals surface area contributed by atoms with Crippen LogP contribution in [0.4, 0.5) is 0 Å². The first-order chi connectivity index (χ1) is 15.3. The zero-order chi connectivity index (χ0) is 24.6. The number of carbonyl (C=O) groups is 2. The molecule has 0 bridgehead atoms. The summed E-state index contributed by atoms with van der Waals surface area (Å²) >= 11 is 1.59. The topological polar surface area (TPSA) is 75.6 Å². The summed E-state index contributed by atoms with van der Waals surface area (Å²) in [6, 6.07) is 7.50. The number of amides is 1. The molecule has 2 aromatic rings. The number of aliphatic carboxylic acids is 1. The minimum Gasteiger partial charge on any atom is -0.479 e.